The molecule has 0 aliphatic carbocycles. The molecule has 0 aromatic rings. The van der Waals surface area contributed by atoms with E-state index in [2.05, 4.69) is 10.1 Å². The lowest BCUT2D eigenvalue weighted by Crippen LogP contribution is -2.18. The monoisotopic (exact) mass is 155 g/mol. The molecular formula is C8H13NO2. The molecule has 3 heteroatoms. The molecule has 11 heavy (non-hydrogen) atoms. The zero-order valence-electron chi connectivity index (χ0n) is 6.67. The fourth-order valence-electron chi connectivity index (χ4n) is 1.14. The third-order valence-electron chi connectivity index (χ3n) is 1.76. The fraction of sp³-hybridized carbons (Fsp3) is 0.625. The summed E-state index contributed by atoms with van der Waals surface area (Å²) in [5.74, 6) is -0.279. The molecule has 3 nitrogen and oxygen atoms in total. The molecule has 62 valence electrons. The van der Waals surface area contributed by atoms with Crippen LogP contribution in [-0.4, -0.2) is 25.7 Å². The minimum absolute atomic E-state index is 0.279. The van der Waals surface area contributed by atoms with Crippen molar-refractivity contribution in [1.29, 1.82) is 0 Å². The summed E-state index contributed by atoms with van der Waals surface area (Å²) in [5.41, 5.74) is 0. The lowest BCUT2D eigenvalue weighted by molar-refractivity contribution is -0.134. The number of carbonyl (C=O) groups excluding carboxylic acids is 1. The quantitative estimate of drug-likeness (QED) is 0.465. The molecule has 1 aliphatic heterocycles. The molecule has 0 bridgehead atoms. The van der Waals surface area contributed by atoms with Crippen LogP contribution in [0.5, 0.6) is 0 Å². The molecule has 1 N–H and O–H groups in total. The van der Waals surface area contributed by atoms with Crippen molar-refractivity contribution in [3.63, 3.8) is 0 Å². The van der Waals surface area contributed by atoms with Crippen molar-refractivity contribution < 1.29 is 9.53 Å². The summed E-state index contributed by atoms with van der Waals surface area (Å²) in [7, 11) is 1.38. The van der Waals surface area contributed by atoms with E-state index in [1.54, 1.807) is 0 Å². The maximum absolute atomic E-state index is 10.6. The van der Waals surface area contributed by atoms with Gasteiger partial charge in [-0.1, -0.05) is 6.08 Å². The van der Waals surface area contributed by atoms with Crippen molar-refractivity contribution in [2.24, 2.45) is 0 Å². The van der Waals surface area contributed by atoms with Gasteiger partial charge in [0.1, 0.15) is 0 Å². The predicted octanol–water partition coefficient (Wildman–Crippen LogP) is 0.468. The van der Waals surface area contributed by atoms with Crippen molar-refractivity contribution in [2.75, 3.05) is 13.7 Å². The number of esters is 1. The Morgan fingerprint density at radius 2 is 2.55 bits per heavy atom. The number of rotatable bonds is 2. The van der Waals surface area contributed by atoms with Gasteiger partial charge in [0.2, 0.25) is 0 Å². The number of carbonyl (C=O) groups is 1. The second-order valence-corrected chi connectivity index (χ2v) is 2.59. The van der Waals surface area contributed by atoms with Crippen molar-refractivity contribution >= 4 is 5.97 Å². The molecule has 1 heterocycles. The lowest BCUT2D eigenvalue weighted by atomic mass is 10.2. The molecule has 0 amide bonds. The molecule has 0 aromatic carbocycles. The normalized spacial score (nSPS) is 24.3. The van der Waals surface area contributed by atoms with Gasteiger partial charge in [-0.3, -0.25) is 0 Å². The van der Waals surface area contributed by atoms with Crippen LogP contribution in [-0.2, 0) is 9.53 Å². The van der Waals surface area contributed by atoms with Crippen LogP contribution in [0.25, 0.3) is 0 Å². The molecule has 1 rings (SSSR count). The molecule has 1 atom stereocenters. The van der Waals surface area contributed by atoms with Crippen LogP contribution in [0.15, 0.2) is 12.2 Å². The number of ether oxygens (including phenoxy) is 1. The summed E-state index contributed by atoms with van der Waals surface area (Å²) >= 11 is 0. The maximum Gasteiger partial charge on any atom is 0.330 e. The average Bonchev–Trinajstić information content (AvgIpc) is 2.52. The first-order chi connectivity index (χ1) is 5.33. The molecule has 0 radical (unpaired) electrons. The number of hydrogen-bond acceptors (Lipinski definition) is 3. The van der Waals surface area contributed by atoms with Crippen LogP contribution < -0.4 is 5.32 Å². The number of methoxy groups -OCH3 is 1. The van der Waals surface area contributed by atoms with E-state index in [1.807, 2.05) is 6.08 Å². The van der Waals surface area contributed by atoms with Crippen LogP contribution in [0.4, 0.5) is 0 Å². The van der Waals surface area contributed by atoms with E-state index < -0.39 is 0 Å². The van der Waals surface area contributed by atoms with Gasteiger partial charge in [-0.25, -0.2) is 4.79 Å². The summed E-state index contributed by atoms with van der Waals surface area (Å²) in [4.78, 5) is 10.6. The van der Waals surface area contributed by atoms with Gasteiger partial charge in [0, 0.05) is 12.1 Å². The molecule has 0 saturated carbocycles. The van der Waals surface area contributed by atoms with Gasteiger partial charge in [-0.05, 0) is 19.4 Å². The Labute approximate surface area is 66.4 Å². The molecule has 1 fully saturated rings. The van der Waals surface area contributed by atoms with Gasteiger partial charge in [0.05, 0.1) is 7.11 Å². The Hall–Kier alpha value is -0.830. The van der Waals surface area contributed by atoms with Crippen LogP contribution >= 0.6 is 0 Å². The molecule has 0 unspecified atom stereocenters. The van der Waals surface area contributed by atoms with Gasteiger partial charge in [-0.15, -0.1) is 0 Å². The molecule has 0 spiro atoms. The molecule has 1 saturated heterocycles. The highest BCUT2D eigenvalue weighted by molar-refractivity contribution is 5.81. The van der Waals surface area contributed by atoms with E-state index in [9.17, 15) is 4.79 Å². The standard InChI is InChI=1S/C8H13NO2/c1-11-8(10)5-4-7-3-2-6-9-7/h4-5,7,9H,2-3,6H2,1H3/b5-4+/t7-/m0/s1. The zero-order valence-corrected chi connectivity index (χ0v) is 6.67. The third-order valence-corrected chi connectivity index (χ3v) is 1.76. The minimum atomic E-state index is -0.279. The number of nitrogens with one attached hydrogen (secondary N) is 1. The van der Waals surface area contributed by atoms with Crippen molar-refractivity contribution in [3.05, 3.63) is 12.2 Å². The topological polar surface area (TPSA) is 38.3 Å². The smallest absolute Gasteiger partial charge is 0.330 e. The summed E-state index contributed by atoms with van der Waals surface area (Å²) < 4.78 is 4.46. The summed E-state index contributed by atoms with van der Waals surface area (Å²) in [6, 6.07) is 0.370. The minimum Gasteiger partial charge on any atom is -0.466 e. The fourth-order valence-corrected chi connectivity index (χ4v) is 1.14. The lowest BCUT2D eigenvalue weighted by Gasteiger charge is -2.00. The van der Waals surface area contributed by atoms with E-state index in [0.717, 1.165) is 13.0 Å². The Bertz CT molecular complexity index is 159. The second kappa shape index (κ2) is 4.13. The highest BCUT2D eigenvalue weighted by Crippen LogP contribution is 2.05. The predicted molar refractivity (Wildman–Crippen MR) is 42.2 cm³/mol. The summed E-state index contributed by atoms with van der Waals surface area (Å²) in [5, 5.41) is 3.24. The largest absolute Gasteiger partial charge is 0.466 e. The van der Waals surface area contributed by atoms with E-state index in [4.69, 9.17) is 0 Å². The van der Waals surface area contributed by atoms with Gasteiger partial charge < -0.3 is 10.1 Å². The van der Waals surface area contributed by atoms with Crippen molar-refractivity contribution in [1.82, 2.24) is 5.32 Å². The van der Waals surface area contributed by atoms with E-state index in [-0.39, 0.29) is 5.97 Å². The summed E-state index contributed by atoms with van der Waals surface area (Å²) in [6.07, 6.45) is 5.64. The van der Waals surface area contributed by atoms with Crippen molar-refractivity contribution in [2.45, 2.75) is 18.9 Å². The van der Waals surface area contributed by atoms with Gasteiger partial charge in [0.15, 0.2) is 0 Å². The Balaban J connectivity index is 2.27. The first-order valence-electron chi connectivity index (χ1n) is 3.82. The van der Waals surface area contributed by atoms with Crippen LogP contribution in [0.2, 0.25) is 0 Å². The molecule has 0 aromatic heterocycles. The Kier molecular flexibility index (Phi) is 3.11. The first kappa shape index (κ1) is 8.27. The van der Waals surface area contributed by atoms with Gasteiger partial charge in [0.25, 0.3) is 0 Å². The SMILES string of the molecule is COC(=O)/C=C/[C@@H]1CCCN1. The van der Waals surface area contributed by atoms with Gasteiger partial charge in [-0.2, -0.15) is 0 Å². The van der Waals surface area contributed by atoms with Crippen LogP contribution in [0, 0.1) is 0 Å². The molecular weight excluding hydrogens is 142 g/mol. The summed E-state index contributed by atoms with van der Waals surface area (Å²) in [6.45, 7) is 1.05. The van der Waals surface area contributed by atoms with Crippen molar-refractivity contribution in [3.8, 4) is 0 Å². The van der Waals surface area contributed by atoms with E-state index >= 15 is 0 Å². The maximum atomic E-state index is 10.6. The number of hydrogen-bond donors (Lipinski definition) is 1. The highest BCUT2D eigenvalue weighted by atomic mass is 16.5. The van der Waals surface area contributed by atoms with Crippen LogP contribution in [0.1, 0.15) is 12.8 Å². The Morgan fingerprint density at radius 1 is 1.73 bits per heavy atom. The van der Waals surface area contributed by atoms with Gasteiger partial charge >= 0.3 is 5.97 Å². The second-order valence-electron chi connectivity index (χ2n) is 2.59. The zero-order chi connectivity index (χ0) is 8.10. The Morgan fingerprint density at radius 3 is 3.09 bits per heavy atom. The van der Waals surface area contributed by atoms with Crippen LogP contribution in [0.3, 0.4) is 0 Å². The van der Waals surface area contributed by atoms with E-state index in [0.29, 0.717) is 6.04 Å². The third kappa shape index (κ3) is 2.72. The highest BCUT2D eigenvalue weighted by Gasteiger charge is 2.10. The molecule has 1 aliphatic rings. The first-order valence-corrected chi connectivity index (χ1v) is 3.82. The average molecular weight is 155 g/mol. The van der Waals surface area contributed by atoms with E-state index in [1.165, 1.54) is 19.6 Å².